The van der Waals surface area contributed by atoms with Gasteiger partial charge in [0.25, 0.3) is 0 Å². The van der Waals surface area contributed by atoms with Gasteiger partial charge in [-0.25, -0.2) is 13.6 Å². The Hall–Kier alpha value is -3.22. The van der Waals surface area contributed by atoms with Crippen LogP contribution in [0.4, 0.5) is 8.78 Å². The molecule has 1 N–H and O–H groups in total. The molecule has 1 heterocycles. The molecule has 2 aromatic carbocycles. The smallest absolute Gasteiger partial charge is 0.339 e. The van der Waals surface area contributed by atoms with Gasteiger partial charge in [0.15, 0.2) is 0 Å². The Kier molecular flexibility index (Phi) is 5.73. The number of nitrogens with one attached hydrogen (secondary N) is 1. The van der Waals surface area contributed by atoms with Crippen molar-refractivity contribution in [3.05, 3.63) is 75.1 Å². The van der Waals surface area contributed by atoms with Crippen LogP contribution in [-0.4, -0.2) is 13.0 Å². The summed E-state index contributed by atoms with van der Waals surface area (Å²) in [6.45, 7) is 1.80. The van der Waals surface area contributed by atoms with Crippen LogP contribution < -0.4 is 15.7 Å². The normalized spacial score (nSPS) is 10.9. The highest BCUT2D eigenvalue weighted by Gasteiger charge is 2.14. The van der Waals surface area contributed by atoms with Gasteiger partial charge in [-0.05, 0) is 48.7 Å². The van der Waals surface area contributed by atoms with Gasteiger partial charge < -0.3 is 14.5 Å². The highest BCUT2D eigenvalue weighted by Crippen LogP contribution is 2.24. The number of ether oxygens (including phenoxy) is 1. The lowest BCUT2D eigenvalue weighted by Crippen LogP contribution is -2.24. The van der Waals surface area contributed by atoms with E-state index in [9.17, 15) is 18.4 Å². The van der Waals surface area contributed by atoms with E-state index in [2.05, 4.69) is 5.32 Å². The van der Waals surface area contributed by atoms with Gasteiger partial charge in [-0.15, -0.1) is 0 Å². The van der Waals surface area contributed by atoms with E-state index in [-0.39, 0.29) is 25.3 Å². The van der Waals surface area contributed by atoms with E-state index < -0.39 is 17.3 Å². The summed E-state index contributed by atoms with van der Waals surface area (Å²) < 4.78 is 36.8. The van der Waals surface area contributed by atoms with Crippen LogP contribution in [0.5, 0.6) is 5.75 Å². The second-order valence-electron chi connectivity index (χ2n) is 6.41. The van der Waals surface area contributed by atoms with Crippen LogP contribution >= 0.6 is 0 Å². The zero-order valence-corrected chi connectivity index (χ0v) is 15.5. The van der Waals surface area contributed by atoms with Crippen molar-refractivity contribution in [3.8, 4) is 5.75 Å². The van der Waals surface area contributed by atoms with Crippen LogP contribution in [0.3, 0.4) is 0 Å². The zero-order chi connectivity index (χ0) is 20.3. The van der Waals surface area contributed by atoms with Gasteiger partial charge in [0.05, 0.1) is 7.11 Å². The van der Waals surface area contributed by atoms with Crippen LogP contribution in [-0.2, 0) is 17.8 Å². The van der Waals surface area contributed by atoms with Crippen molar-refractivity contribution < 1.29 is 22.7 Å². The quantitative estimate of drug-likeness (QED) is 0.656. The summed E-state index contributed by atoms with van der Waals surface area (Å²) in [5, 5.41) is 3.36. The SMILES string of the molecule is COc1ccc2c(C)c(CCC(=O)NCc3cc(F)cc(F)c3)c(=O)oc2c1. The van der Waals surface area contributed by atoms with Crippen LogP contribution in [0.25, 0.3) is 11.0 Å². The zero-order valence-electron chi connectivity index (χ0n) is 15.5. The largest absolute Gasteiger partial charge is 0.497 e. The lowest BCUT2D eigenvalue weighted by atomic mass is 10.0. The summed E-state index contributed by atoms with van der Waals surface area (Å²) in [4.78, 5) is 24.4. The fourth-order valence-corrected chi connectivity index (χ4v) is 3.03. The van der Waals surface area contributed by atoms with Crippen molar-refractivity contribution in [3.63, 3.8) is 0 Å². The van der Waals surface area contributed by atoms with Crippen LogP contribution in [0.15, 0.2) is 45.6 Å². The van der Waals surface area contributed by atoms with E-state index in [1.807, 2.05) is 0 Å². The number of carbonyl (C=O) groups is 1. The van der Waals surface area contributed by atoms with Crippen molar-refractivity contribution in [1.82, 2.24) is 5.32 Å². The number of fused-ring (bicyclic) bond motifs is 1. The van der Waals surface area contributed by atoms with Gasteiger partial charge in [0, 0.05) is 36.0 Å². The van der Waals surface area contributed by atoms with E-state index in [1.165, 1.54) is 7.11 Å². The molecular weight excluding hydrogens is 368 g/mol. The average molecular weight is 387 g/mol. The molecule has 28 heavy (non-hydrogen) atoms. The average Bonchev–Trinajstić information content (AvgIpc) is 2.65. The molecule has 0 saturated carbocycles. The predicted octanol–water partition coefficient (Wildman–Crippen LogP) is 3.64. The second kappa shape index (κ2) is 8.21. The summed E-state index contributed by atoms with van der Waals surface area (Å²) >= 11 is 0. The van der Waals surface area contributed by atoms with Crippen LogP contribution in [0.2, 0.25) is 0 Å². The number of benzene rings is 2. The molecule has 0 aliphatic heterocycles. The molecule has 3 rings (SSSR count). The maximum atomic E-state index is 13.2. The highest BCUT2D eigenvalue weighted by atomic mass is 19.1. The van der Waals surface area contributed by atoms with Gasteiger partial charge >= 0.3 is 5.63 Å². The van der Waals surface area contributed by atoms with E-state index >= 15 is 0 Å². The van der Waals surface area contributed by atoms with E-state index in [0.29, 0.717) is 22.5 Å². The third-order valence-corrected chi connectivity index (χ3v) is 4.51. The summed E-state index contributed by atoms with van der Waals surface area (Å²) in [6, 6.07) is 8.28. The molecule has 5 nitrogen and oxygen atoms in total. The van der Waals surface area contributed by atoms with E-state index in [1.54, 1.807) is 25.1 Å². The Morgan fingerprint density at radius 2 is 1.86 bits per heavy atom. The van der Waals surface area contributed by atoms with Crippen LogP contribution in [0.1, 0.15) is 23.1 Å². The molecule has 1 aromatic heterocycles. The minimum absolute atomic E-state index is 0.00137. The first kappa shape index (κ1) is 19.5. The monoisotopic (exact) mass is 387 g/mol. The third-order valence-electron chi connectivity index (χ3n) is 4.51. The first-order valence-electron chi connectivity index (χ1n) is 8.69. The lowest BCUT2D eigenvalue weighted by Gasteiger charge is -2.09. The molecule has 0 radical (unpaired) electrons. The maximum absolute atomic E-state index is 13.2. The first-order valence-corrected chi connectivity index (χ1v) is 8.69. The van der Waals surface area contributed by atoms with Gasteiger partial charge in [-0.2, -0.15) is 0 Å². The third kappa shape index (κ3) is 4.36. The number of carbonyl (C=O) groups excluding carboxylic acids is 1. The molecule has 146 valence electrons. The summed E-state index contributed by atoms with van der Waals surface area (Å²) in [5.41, 5.74) is 1.40. The number of aryl methyl sites for hydroxylation is 1. The highest BCUT2D eigenvalue weighted by molar-refractivity contribution is 5.82. The van der Waals surface area contributed by atoms with E-state index in [4.69, 9.17) is 9.15 Å². The summed E-state index contributed by atoms with van der Waals surface area (Å²) in [6.07, 6.45) is 0.241. The van der Waals surface area contributed by atoms with Crippen molar-refractivity contribution in [2.75, 3.05) is 7.11 Å². The number of halogens is 2. The number of amides is 1. The number of hydrogen-bond acceptors (Lipinski definition) is 4. The lowest BCUT2D eigenvalue weighted by molar-refractivity contribution is -0.121. The molecule has 0 saturated heterocycles. The minimum atomic E-state index is -0.703. The predicted molar refractivity (Wildman–Crippen MR) is 100 cm³/mol. The molecule has 0 atom stereocenters. The molecule has 3 aromatic rings. The maximum Gasteiger partial charge on any atom is 0.339 e. The Balaban J connectivity index is 1.69. The van der Waals surface area contributed by atoms with Gasteiger partial charge in [-0.3, -0.25) is 4.79 Å². The van der Waals surface area contributed by atoms with E-state index in [0.717, 1.165) is 29.1 Å². The molecule has 0 fully saturated rings. The Bertz CT molecular complexity index is 1070. The summed E-state index contributed by atoms with van der Waals surface area (Å²) in [7, 11) is 1.53. The minimum Gasteiger partial charge on any atom is -0.497 e. The van der Waals surface area contributed by atoms with Crippen molar-refractivity contribution in [2.24, 2.45) is 0 Å². The molecular formula is C21H19F2NO4. The van der Waals surface area contributed by atoms with Crippen molar-refractivity contribution >= 4 is 16.9 Å². The number of hydrogen-bond donors (Lipinski definition) is 1. The molecule has 0 aliphatic carbocycles. The first-order chi connectivity index (χ1) is 13.4. The van der Waals surface area contributed by atoms with Gasteiger partial charge in [0.1, 0.15) is 23.0 Å². The molecule has 0 spiro atoms. The molecule has 1 amide bonds. The second-order valence-corrected chi connectivity index (χ2v) is 6.41. The van der Waals surface area contributed by atoms with Crippen LogP contribution in [0, 0.1) is 18.6 Å². The van der Waals surface area contributed by atoms with Gasteiger partial charge in [-0.1, -0.05) is 0 Å². The Morgan fingerprint density at radius 1 is 1.14 bits per heavy atom. The number of rotatable bonds is 6. The van der Waals surface area contributed by atoms with Gasteiger partial charge in [0.2, 0.25) is 5.91 Å². The standard InChI is InChI=1S/C21H19F2NO4/c1-12-17-4-3-16(27-2)10-19(17)28-21(26)18(12)5-6-20(25)24-11-13-7-14(22)9-15(23)8-13/h3-4,7-10H,5-6,11H2,1-2H3,(H,24,25). The van der Waals surface area contributed by atoms with Crippen molar-refractivity contribution in [1.29, 1.82) is 0 Å². The number of methoxy groups -OCH3 is 1. The molecule has 0 aliphatic rings. The summed E-state index contributed by atoms with van der Waals surface area (Å²) in [5.74, 6) is -1.16. The molecule has 7 heteroatoms. The Morgan fingerprint density at radius 3 is 2.54 bits per heavy atom. The fourth-order valence-electron chi connectivity index (χ4n) is 3.03. The van der Waals surface area contributed by atoms with Crippen molar-refractivity contribution in [2.45, 2.75) is 26.3 Å². The molecule has 0 bridgehead atoms. The Labute approximate surface area is 159 Å². The molecule has 0 unspecified atom stereocenters. The fraction of sp³-hybridized carbons (Fsp3) is 0.238. The topological polar surface area (TPSA) is 68.5 Å².